The largest absolute Gasteiger partial charge is 0.442 e. The lowest BCUT2D eigenvalue weighted by atomic mass is 10.2. The van der Waals surface area contributed by atoms with Crippen LogP contribution in [0.1, 0.15) is 6.92 Å². The molecule has 3 fully saturated rings. The molecule has 10 heteroatoms. The van der Waals surface area contributed by atoms with Gasteiger partial charge in [0.15, 0.2) is 0 Å². The van der Waals surface area contributed by atoms with Crippen LogP contribution in [-0.4, -0.2) is 56.0 Å². The van der Waals surface area contributed by atoms with Crippen LogP contribution in [0.15, 0.2) is 28.6 Å². The third-order valence-corrected chi connectivity index (χ3v) is 5.76. The van der Waals surface area contributed by atoms with E-state index in [-0.39, 0.29) is 24.8 Å². The summed E-state index contributed by atoms with van der Waals surface area (Å²) in [7, 11) is 0. The van der Waals surface area contributed by atoms with Gasteiger partial charge in [0.05, 0.1) is 31.0 Å². The van der Waals surface area contributed by atoms with E-state index in [9.17, 15) is 14.0 Å². The summed E-state index contributed by atoms with van der Waals surface area (Å²) < 4.78 is 19.9. The predicted molar refractivity (Wildman–Crippen MR) is 96.9 cm³/mol. The van der Waals surface area contributed by atoms with Crippen molar-refractivity contribution >= 4 is 23.4 Å². The lowest BCUT2D eigenvalue weighted by molar-refractivity contribution is -0.119. The van der Waals surface area contributed by atoms with E-state index in [2.05, 4.69) is 15.7 Å². The highest BCUT2D eigenvalue weighted by Gasteiger charge is 2.55. The molecular formula is C18H22FN5O4. The number of cyclic esters (lactones) is 1. The van der Waals surface area contributed by atoms with Gasteiger partial charge in [0.2, 0.25) is 5.91 Å². The number of benzene rings is 1. The standard InChI is InChI=1S/C18H22FN5O4/c1-10(25)20-5-12-7-24(18(26)28-12)11-2-3-17(16(19)4-11)23-8-14-13(6-21-22-27)15(14)9-23/h2-4,12-15H,5-9H2,1H3,(H,20,25)(H,21,27)/t12-,13?,14?,15?/m0/s1. The summed E-state index contributed by atoms with van der Waals surface area (Å²) in [4.78, 5) is 26.5. The molecule has 0 bridgehead atoms. The fourth-order valence-corrected chi connectivity index (χ4v) is 4.26. The van der Waals surface area contributed by atoms with Crippen molar-refractivity contribution in [1.29, 1.82) is 0 Å². The van der Waals surface area contributed by atoms with Gasteiger partial charge >= 0.3 is 6.09 Å². The number of halogens is 1. The van der Waals surface area contributed by atoms with E-state index < -0.39 is 12.2 Å². The van der Waals surface area contributed by atoms with Gasteiger partial charge in [-0.1, -0.05) is 0 Å². The molecule has 2 amide bonds. The number of anilines is 2. The maximum atomic E-state index is 14.7. The van der Waals surface area contributed by atoms with Crippen LogP contribution in [0.5, 0.6) is 0 Å². The third-order valence-electron chi connectivity index (χ3n) is 5.76. The van der Waals surface area contributed by atoms with Crippen LogP contribution >= 0.6 is 0 Å². The lowest BCUT2D eigenvalue weighted by Gasteiger charge is -2.23. The van der Waals surface area contributed by atoms with E-state index in [1.54, 1.807) is 12.1 Å². The molecule has 28 heavy (non-hydrogen) atoms. The average Bonchev–Trinajstić information content (AvgIpc) is 2.98. The van der Waals surface area contributed by atoms with Gasteiger partial charge in [-0.2, -0.15) is 5.11 Å². The van der Waals surface area contributed by atoms with Crippen molar-refractivity contribution in [1.82, 2.24) is 5.32 Å². The topological polar surface area (TPSA) is 107 Å². The summed E-state index contributed by atoms with van der Waals surface area (Å²) >= 11 is 0. The Morgan fingerprint density at radius 1 is 1.36 bits per heavy atom. The van der Waals surface area contributed by atoms with Crippen molar-refractivity contribution in [3.05, 3.63) is 24.0 Å². The molecule has 0 spiro atoms. The van der Waals surface area contributed by atoms with Gasteiger partial charge in [0.1, 0.15) is 11.9 Å². The zero-order valence-electron chi connectivity index (χ0n) is 15.4. The summed E-state index contributed by atoms with van der Waals surface area (Å²) in [5.74, 6) is 0.730. The molecule has 9 nitrogen and oxygen atoms in total. The van der Waals surface area contributed by atoms with E-state index in [1.165, 1.54) is 17.9 Å². The number of amides is 2. The van der Waals surface area contributed by atoms with Crippen LogP contribution in [0.3, 0.4) is 0 Å². The van der Waals surface area contributed by atoms with Gasteiger partial charge in [0.25, 0.3) is 0 Å². The summed E-state index contributed by atoms with van der Waals surface area (Å²) in [5.41, 5.74) is 0.947. The minimum absolute atomic E-state index is 0.199. The minimum atomic E-state index is -0.550. The Labute approximate surface area is 161 Å². The molecule has 1 aromatic rings. The van der Waals surface area contributed by atoms with Crippen LogP contribution in [0.2, 0.25) is 0 Å². The Morgan fingerprint density at radius 3 is 2.75 bits per heavy atom. The maximum Gasteiger partial charge on any atom is 0.414 e. The number of ether oxygens (including phenoxy) is 1. The fourth-order valence-electron chi connectivity index (χ4n) is 4.26. The lowest BCUT2D eigenvalue weighted by Crippen LogP contribution is -2.33. The highest BCUT2D eigenvalue weighted by atomic mass is 19.1. The third kappa shape index (κ3) is 3.46. The predicted octanol–water partition coefficient (Wildman–Crippen LogP) is 1.81. The molecule has 1 aliphatic carbocycles. The van der Waals surface area contributed by atoms with Crippen LogP contribution in [-0.2, 0) is 9.53 Å². The zero-order chi connectivity index (χ0) is 19.8. The van der Waals surface area contributed by atoms with Crippen molar-refractivity contribution < 1.29 is 23.9 Å². The Hall–Kier alpha value is -2.91. The average molecular weight is 391 g/mol. The van der Waals surface area contributed by atoms with Crippen LogP contribution in [0, 0.1) is 23.6 Å². The Kier molecular flexibility index (Phi) is 4.78. The van der Waals surface area contributed by atoms with Gasteiger partial charge in [-0.25, -0.2) is 9.18 Å². The second-order valence-corrected chi connectivity index (χ2v) is 7.50. The van der Waals surface area contributed by atoms with E-state index in [0.29, 0.717) is 35.7 Å². The van der Waals surface area contributed by atoms with E-state index in [0.717, 1.165) is 13.1 Å². The minimum Gasteiger partial charge on any atom is -0.442 e. The fraction of sp³-hybridized carbons (Fsp3) is 0.556. The second-order valence-electron chi connectivity index (χ2n) is 7.50. The monoisotopic (exact) mass is 391 g/mol. The number of hydrogen-bond donors (Lipinski definition) is 2. The second kappa shape index (κ2) is 7.25. The van der Waals surface area contributed by atoms with Crippen molar-refractivity contribution in [2.24, 2.45) is 28.1 Å². The van der Waals surface area contributed by atoms with Gasteiger partial charge in [-0.05, 0) is 36.0 Å². The van der Waals surface area contributed by atoms with Gasteiger partial charge in [0, 0.05) is 25.3 Å². The molecule has 1 saturated carbocycles. The summed E-state index contributed by atoms with van der Waals surface area (Å²) in [6, 6.07) is 4.74. The number of hydrogen-bond acceptors (Lipinski definition) is 6. The molecule has 150 valence electrons. The van der Waals surface area contributed by atoms with Crippen molar-refractivity contribution in [2.75, 3.05) is 42.5 Å². The molecule has 2 unspecified atom stereocenters. The van der Waals surface area contributed by atoms with E-state index >= 15 is 0 Å². The smallest absolute Gasteiger partial charge is 0.414 e. The molecular weight excluding hydrogens is 369 g/mol. The molecule has 3 atom stereocenters. The molecule has 0 radical (unpaired) electrons. The molecule has 1 aromatic carbocycles. The van der Waals surface area contributed by atoms with E-state index in [4.69, 9.17) is 9.94 Å². The number of nitrogens with zero attached hydrogens (tertiary/aromatic N) is 4. The molecule has 2 N–H and O–H groups in total. The van der Waals surface area contributed by atoms with Crippen LogP contribution in [0.25, 0.3) is 0 Å². The first-order chi connectivity index (χ1) is 13.5. The summed E-state index contributed by atoms with van der Waals surface area (Å²) in [6.45, 7) is 3.88. The molecule has 2 aliphatic heterocycles. The van der Waals surface area contributed by atoms with Crippen LogP contribution in [0.4, 0.5) is 20.6 Å². The first-order valence-corrected chi connectivity index (χ1v) is 9.26. The number of rotatable bonds is 6. The van der Waals surface area contributed by atoms with Crippen molar-refractivity contribution in [2.45, 2.75) is 13.0 Å². The number of nitrogens with one attached hydrogen (secondary N) is 1. The molecule has 0 aromatic heterocycles. The van der Waals surface area contributed by atoms with Gasteiger partial charge < -0.3 is 20.2 Å². The van der Waals surface area contributed by atoms with Crippen molar-refractivity contribution in [3.63, 3.8) is 0 Å². The molecule has 3 aliphatic rings. The SMILES string of the molecule is CC(=O)NC[C@H]1CN(c2ccc(N3CC4C(C/N=N/O)C4C3)c(F)c2)C(=O)O1. The van der Waals surface area contributed by atoms with Gasteiger partial charge in [-0.3, -0.25) is 9.69 Å². The first-order valence-electron chi connectivity index (χ1n) is 9.26. The van der Waals surface area contributed by atoms with Crippen molar-refractivity contribution in [3.8, 4) is 0 Å². The summed E-state index contributed by atoms with van der Waals surface area (Å²) in [5, 5.41) is 17.5. The number of piperidine rings is 1. The number of fused-ring (bicyclic) bond motifs is 1. The molecule has 2 saturated heterocycles. The normalized spacial score (nSPS) is 28.6. The van der Waals surface area contributed by atoms with E-state index in [1.807, 2.05) is 4.90 Å². The number of carbonyl (C=O) groups excluding carboxylic acids is 2. The Bertz CT molecular complexity index is 807. The Morgan fingerprint density at radius 2 is 2.11 bits per heavy atom. The van der Waals surface area contributed by atoms with Crippen LogP contribution < -0.4 is 15.1 Å². The Balaban J connectivity index is 1.38. The highest BCUT2D eigenvalue weighted by Crippen LogP contribution is 2.53. The molecule has 2 heterocycles. The quantitative estimate of drug-likeness (QED) is 0.568. The first kappa shape index (κ1) is 18.5. The van der Waals surface area contributed by atoms with Gasteiger partial charge in [-0.15, -0.1) is 0 Å². The number of carbonyl (C=O) groups is 2. The summed E-state index contributed by atoms with van der Waals surface area (Å²) in [6.07, 6.45) is -1.01. The highest BCUT2D eigenvalue weighted by molar-refractivity contribution is 5.90. The zero-order valence-corrected chi connectivity index (χ0v) is 15.4. The molecule has 4 rings (SSSR count). The maximum absolute atomic E-state index is 14.7.